The number of hydrogen-bond donors (Lipinski definition) is 3. The van der Waals surface area contributed by atoms with Crippen molar-refractivity contribution in [3.8, 4) is 5.75 Å². The van der Waals surface area contributed by atoms with E-state index < -0.39 is 6.10 Å². The van der Waals surface area contributed by atoms with Crippen LogP contribution in [0.3, 0.4) is 0 Å². The number of aliphatic hydroxyl groups is 1. The maximum Gasteiger partial charge on any atom is 0.201 e. The number of nitrogens with zero attached hydrogens (tertiary/aromatic N) is 1. The van der Waals surface area contributed by atoms with Crippen LogP contribution in [0.1, 0.15) is 25.5 Å². The highest BCUT2D eigenvalue weighted by atomic mass is 16.5. The summed E-state index contributed by atoms with van der Waals surface area (Å²) in [6.45, 7) is 4.32. The van der Waals surface area contributed by atoms with Gasteiger partial charge in [0.25, 0.3) is 0 Å². The molecule has 0 bridgehead atoms. The van der Waals surface area contributed by atoms with Crippen molar-refractivity contribution in [2.75, 3.05) is 11.9 Å². The lowest BCUT2D eigenvalue weighted by Crippen LogP contribution is -2.13. The molecular weight excluding hydrogens is 290 g/mol. The first-order valence-corrected chi connectivity index (χ1v) is 7.75. The molecule has 120 valence electrons. The van der Waals surface area contributed by atoms with E-state index in [1.54, 1.807) is 0 Å². The van der Waals surface area contributed by atoms with Crippen LogP contribution in [0.2, 0.25) is 0 Å². The molecule has 1 atom stereocenters. The van der Waals surface area contributed by atoms with Crippen LogP contribution in [0.4, 0.5) is 5.95 Å². The highest BCUT2D eigenvalue weighted by molar-refractivity contribution is 5.77. The van der Waals surface area contributed by atoms with Gasteiger partial charge in [0, 0.05) is 6.54 Å². The van der Waals surface area contributed by atoms with Crippen molar-refractivity contribution in [1.29, 1.82) is 0 Å². The molecule has 0 spiro atoms. The number of anilines is 1. The number of fused-ring (bicyclic) bond motifs is 1. The van der Waals surface area contributed by atoms with Gasteiger partial charge >= 0.3 is 0 Å². The van der Waals surface area contributed by atoms with E-state index in [-0.39, 0.29) is 6.10 Å². The van der Waals surface area contributed by atoms with Crippen LogP contribution in [0, 0.1) is 0 Å². The third kappa shape index (κ3) is 3.81. The van der Waals surface area contributed by atoms with Crippen LogP contribution in [0.5, 0.6) is 5.75 Å². The molecule has 3 N–H and O–H groups in total. The van der Waals surface area contributed by atoms with E-state index in [0.717, 1.165) is 22.3 Å². The fourth-order valence-electron chi connectivity index (χ4n) is 2.42. The number of para-hydroxylation sites is 2. The molecule has 1 unspecified atom stereocenters. The highest BCUT2D eigenvalue weighted by Gasteiger charge is 2.10. The summed E-state index contributed by atoms with van der Waals surface area (Å²) in [4.78, 5) is 7.61. The maximum absolute atomic E-state index is 10.4. The second kappa shape index (κ2) is 6.71. The highest BCUT2D eigenvalue weighted by Crippen LogP contribution is 2.21. The van der Waals surface area contributed by atoms with E-state index in [1.165, 1.54) is 0 Å². The molecule has 0 amide bonds. The normalized spacial score (nSPS) is 12.5. The Kier molecular flexibility index (Phi) is 4.48. The molecule has 0 aliphatic carbocycles. The zero-order valence-corrected chi connectivity index (χ0v) is 13.3. The fourth-order valence-corrected chi connectivity index (χ4v) is 2.42. The summed E-state index contributed by atoms with van der Waals surface area (Å²) in [5, 5.41) is 13.5. The Balaban J connectivity index is 1.65. The number of benzene rings is 2. The van der Waals surface area contributed by atoms with Gasteiger partial charge in [-0.2, -0.15) is 0 Å². The topological polar surface area (TPSA) is 70.2 Å². The lowest BCUT2D eigenvalue weighted by Gasteiger charge is -2.14. The average molecular weight is 311 g/mol. The summed E-state index contributed by atoms with van der Waals surface area (Å²) in [6, 6.07) is 15.3. The van der Waals surface area contributed by atoms with Crippen LogP contribution >= 0.6 is 0 Å². The van der Waals surface area contributed by atoms with E-state index in [9.17, 15) is 5.11 Å². The molecule has 1 heterocycles. The molecule has 1 aromatic heterocycles. The van der Waals surface area contributed by atoms with Crippen molar-refractivity contribution < 1.29 is 9.84 Å². The molecular formula is C18H21N3O2. The summed E-state index contributed by atoms with van der Waals surface area (Å²) in [6.07, 6.45) is -0.532. The molecule has 5 heteroatoms. The summed E-state index contributed by atoms with van der Waals surface area (Å²) < 4.78 is 5.66. The molecule has 0 saturated heterocycles. The number of aliphatic hydroxyl groups excluding tert-OH is 1. The van der Waals surface area contributed by atoms with Crippen LogP contribution in [-0.4, -0.2) is 27.7 Å². The molecule has 0 aliphatic rings. The number of aromatic nitrogens is 2. The van der Waals surface area contributed by atoms with Crippen molar-refractivity contribution in [3.63, 3.8) is 0 Å². The predicted octanol–water partition coefficient (Wildman–Crippen LogP) is 3.50. The summed E-state index contributed by atoms with van der Waals surface area (Å²) in [7, 11) is 0. The van der Waals surface area contributed by atoms with Gasteiger partial charge in [0.05, 0.1) is 23.2 Å². The summed E-state index contributed by atoms with van der Waals surface area (Å²) in [5.41, 5.74) is 2.68. The van der Waals surface area contributed by atoms with E-state index in [4.69, 9.17) is 4.74 Å². The lowest BCUT2D eigenvalue weighted by molar-refractivity contribution is 0.189. The molecule has 0 aliphatic heterocycles. The number of H-pyrrole nitrogens is 1. The zero-order valence-electron chi connectivity index (χ0n) is 13.3. The minimum absolute atomic E-state index is 0.107. The second-order valence-corrected chi connectivity index (χ2v) is 5.74. The third-order valence-corrected chi connectivity index (χ3v) is 3.47. The summed E-state index contributed by atoms with van der Waals surface area (Å²) in [5.74, 6) is 1.42. The monoisotopic (exact) mass is 311 g/mol. The Labute approximate surface area is 135 Å². The quantitative estimate of drug-likeness (QED) is 0.651. The van der Waals surface area contributed by atoms with Gasteiger partial charge < -0.3 is 20.1 Å². The van der Waals surface area contributed by atoms with E-state index in [2.05, 4.69) is 15.3 Å². The standard InChI is InChI=1S/C18H21N3O2/c1-12(2)23-14-7-5-6-13(10-14)17(22)11-19-18-20-15-8-3-4-9-16(15)21-18/h3-10,12,17,22H,11H2,1-2H3,(H2,19,20,21). The predicted molar refractivity (Wildman–Crippen MR) is 91.7 cm³/mol. The minimum atomic E-state index is -0.640. The SMILES string of the molecule is CC(C)Oc1cccc(C(O)CNc2nc3ccccc3[nH]2)c1. The van der Waals surface area contributed by atoms with Gasteiger partial charge in [-0.05, 0) is 43.7 Å². The van der Waals surface area contributed by atoms with Gasteiger partial charge in [-0.25, -0.2) is 4.98 Å². The molecule has 0 radical (unpaired) electrons. The van der Waals surface area contributed by atoms with Gasteiger partial charge in [-0.3, -0.25) is 0 Å². The second-order valence-electron chi connectivity index (χ2n) is 5.74. The zero-order chi connectivity index (χ0) is 16.2. The van der Waals surface area contributed by atoms with Crippen LogP contribution in [0.15, 0.2) is 48.5 Å². The Morgan fingerprint density at radius 1 is 1.17 bits per heavy atom. The smallest absolute Gasteiger partial charge is 0.201 e. The minimum Gasteiger partial charge on any atom is -0.491 e. The van der Waals surface area contributed by atoms with Crippen molar-refractivity contribution in [1.82, 2.24) is 9.97 Å². The lowest BCUT2D eigenvalue weighted by atomic mass is 10.1. The number of nitrogens with one attached hydrogen (secondary N) is 2. The number of rotatable bonds is 6. The van der Waals surface area contributed by atoms with Gasteiger partial charge in [-0.1, -0.05) is 24.3 Å². The van der Waals surface area contributed by atoms with Crippen LogP contribution < -0.4 is 10.1 Å². The van der Waals surface area contributed by atoms with E-state index in [1.807, 2.05) is 62.4 Å². The number of ether oxygens (including phenoxy) is 1. The van der Waals surface area contributed by atoms with Gasteiger partial charge in [0.1, 0.15) is 5.75 Å². The Morgan fingerprint density at radius 3 is 2.78 bits per heavy atom. The van der Waals surface area contributed by atoms with Gasteiger partial charge in [0.15, 0.2) is 0 Å². The maximum atomic E-state index is 10.4. The first-order chi connectivity index (χ1) is 11.1. The van der Waals surface area contributed by atoms with Crippen molar-refractivity contribution in [3.05, 3.63) is 54.1 Å². The fraction of sp³-hybridized carbons (Fsp3) is 0.278. The summed E-state index contributed by atoms with van der Waals surface area (Å²) >= 11 is 0. The molecule has 0 fully saturated rings. The molecule has 0 saturated carbocycles. The Morgan fingerprint density at radius 2 is 2.00 bits per heavy atom. The molecule has 23 heavy (non-hydrogen) atoms. The largest absolute Gasteiger partial charge is 0.491 e. The molecule has 3 aromatic rings. The third-order valence-electron chi connectivity index (χ3n) is 3.47. The van der Waals surface area contributed by atoms with Crippen LogP contribution in [0.25, 0.3) is 11.0 Å². The van der Waals surface area contributed by atoms with Gasteiger partial charge in [0.2, 0.25) is 5.95 Å². The average Bonchev–Trinajstić information content (AvgIpc) is 2.95. The first kappa shape index (κ1) is 15.4. The Hall–Kier alpha value is -2.53. The van der Waals surface area contributed by atoms with Crippen molar-refractivity contribution >= 4 is 17.0 Å². The van der Waals surface area contributed by atoms with E-state index >= 15 is 0 Å². The Bertz CT molecular complexity index is 750. The number of imidazole rings is 1. The number of hydrogen-bond acceptors (Lipinski definition) is 4. The van der Waals surface area contributed by atoms with Crippen LogP contribution in [-0.2, 0) is 0 Å². The number of aromatic amines is 1. The molecule has 3 rings (SSSR count). The first-order valence-electron chi connectivity index (χ1n) is 7.75. The van der Waals surface area contributed by atoms with Gasteiger partial charge in [-0.15, -0.1) is 0 Å². The molecule has 5 nitrogen and oxygen atoms in total. The van der Waals surface area contributed by atoms with Crippen molar-refractivity contribution in [2.45, 2.75) is 26.1 Å². The van der Waals surface area contributed by atoms with Crippen molar-refractivity contribution in [2.24, 2.45) is 0 Å². The van der Waals surface area contributed by atoms with E-state index in [0.29, 0.717) is 12.5 Å². The molecule has 2 aromatic carbocycles.